The van der Waals surface area contributed by atoms with Gasteiger partial charge >= 0.3 is 0 Å². The van der Waals surface area contributed by atoms with E-state index in [1.807, 2.05) is 0 Å². The molecule has 0 unspecified atom stereocenters. The van der Waals surface area contributed by atoms with Crippen molar-refractivity contribution in [2.75, 3.05) is 18.1 Å². The first-order valence-corrected chi connectivity index (χ1v) is 4.07. The minimum atomic E-state index is -0.0133. The highest BCUT2D eigenvalue weighted by molar-refractivity contribution is 5.85. The molecule has 0 atom stereocenters. The van der Waals surface area contributed by atoms with Crippen LogP contribution in [0.1, 0.15) is 0 Å². The molecule has 5 N–H and O–H groups in total. The molecule has 0 fully saturated rings. The Hall–Kier alpha value is -1.89. The van der Waals surface area contributed by atoms with Crippen LogP contribution in [0.5, 0.6) is 0 Å². The van der Waals surface area contributed by atoms with Crippen LogP contribution in [-0.4, -0.2) is 31.5 Å². The summed E-state index contributed by atoms with van der Waals surface area (Å²) in [5.74, 6) is 0.409. The topological polar surface area (TPSA) is 116 Å². The third kappa shape index (κ3) is 1.23. The number of aromatic nitrogens is 4. The summed E-state index contributed by atoms with van der Waals surface area (Å²) in [7, 11) is 0. The number of aliphatic hydroxyl groups is 1. The molecule has 2 aromatic rings. The van der Waals surface area contributed by atoms with E-state index < -0.39 is 0 Å². The third-order valence-corrected chi connectivity index (χ3v) is 1.85. The van der Waals surface area contributed by atoms with E-state index in [0.717, 1.165) is 0 Å². The third-order valence-electron chi connectivity index (χ3n) is 1.85. The van der Waals surface area contributed by atoms with Crippen molar-refractivity contribution in [1.82, 2.24) is 19.7 Å². The predicted octanol–water partition coefficient (Wildman–Crippen LogP) is -1.02. The van der Waals surface area contributed by atoms with Gasteiger partial charge in [-0.1, -0.05) is 0 Å². The van der Waals surface area contributed by atoms with Crippen molar-refractivity contribution in [2.24, 2.45) is 0 Å². The molecule has 0 bridgehead atoms. The molecule has 0 aliphatic carbocycles. The van der Waals surface area contributed by atoms with Crippen LogP contribution in [0.2, 0.25) is 0 Å². The first kappa shape index (κ1) is 8.70. The van der Waals surface area contributed by atoms with E-state index in [1.165, 1.54) is 4.68 Å². The van der Waals surface area contributed by atoms with E-state index >= 15 is 0 Å². The molecule has 0 aliphatic heterocycles. The van der Waals surface area contributed by atoms with Gasteiger partial charge in [0.2, 0.25) is 5.95 Å². The number of hydrogen-bond donors (Lipinski definition) is 3. The number of nitrogens with zero attached hydrogens (tertiary/aromatic N) is 4. The lowest BCUT2D eigenvalue weighted by atomic mass is 10.4. The van der Waals surface area contributed by atoms with E-state index in [9.17, 15) is 0 Å². The lowest BCUT2D eigenvalue weighted by Crippen LogP contribution is -2.06. The van der Waals surface area contributed by atoms with Crippen LogP contribution in [0.25, 0.3) is 11.0 Å². The van der Waals surface area contributed by atoms with E-state index in [1.54, 1.807) is 6.20 Å². The molecular formula is C7H10N6O. The van der Waals surface area contributed by atoms with Gasteiger partial charge in [-0.05, 0) is 0 Å². The Morgan fingerprint density at radius 1 is 1.36 bits per heavy atom. The summed E-state index contributed by atoms with van der Waals surface area (Å²) >= 11 is 0. The molecular weight excluding hydrogens is 184 g/mol. The van der Waals surface area contributed by atoms with Crippen LogP contribution < -0.4 is 11.5 Å². The summed E-state index contributed by atoms with van der Waals surface area (Å²) in [5.41, 5.74) is 11.6. The fourth-order valence-electron chi connectivity index (χ4n) is 1.25. The number of aliphatic hydroxyl groups excluding tert-OH is 1. The molecule has 2 rings (SSSR count). The maximum Gasteiger partial charge on any atom is 0.224 e. The van der Waals surface area contributed by atoms with Crippen LogP contribution in [-0.2, 0) is 6.54 Å². The highest BCUT2D eigenvalue weighted by Gasteiger charge is 2.08. The van der Waals surface area contributed by atoms with Crippen molar-refractivity contribution >= 4 is 22.8 Å². The second-order valence-corrected chi connectivity index (χ2v) is 2.80. The molecule has 74 valence electrons. The van der Waals surface area contributed by atoms with Crippen LogP contribution in [0, 0.1) is 0 Å². The molecule has 0 aliphatic rings. The molecule has 0 saturated carbocycles. The second kappa shape index (κ2) is 3.11. The Kier molecular flexibility index (Phi) is 1.93. The van der Waals surface area contributed by atoms with Crippen molar-refractivity contribution < 1.29 is 5.11 Å². The first-order valence-electron chi connectivity index (χ1n) is 4.07. The summed E-state index contributed by atoms with van der Waals surface area (Å²) < 4.78 is 1.53. The minimum Gasteiger partial charge on any atom is -0.394 e. The lowest BCUT2D eigenvalue weighted by molar-refractivity contribution is 0.271. The molecule has 0 aromatic carbocycles. The molecule has 0 spiro atoms. The number of nitrogens with two attached hydrogens (primary N) is 2. The van der Waals surface area contributed by atoms with Crippen molar-refractivity contribution in [3.8, 4) is 0 Å². The van der Waals surface area contributed by atoms with Gasteiger partial charge in [0, 0.05) is 0 Å². The van der Waals surface area contributed by atoms with Crippen molar-refractivity contribution in [1.29, 1.82) is 0 Å². The monoisotopic (exact) mass is 194 g/mol. The average molecular weight is 194 g/mol. The SMILES string of the molecule is Nc1nc(N)c2cnn(CCO)c2n1. The van der Waals surface area contributed by atoms with Gasteiger partial charge in [-0.15, -0.1) is 0 Å². The minimum absolute atomic E-state index is 0.0133. The van der Waals surface area contributed by atoms with Gasteiger partial charge in [0.15, 0.2) is 5.65 Å². The Bertz CT molecular complexity index is 464. The Balaban J connectivity index is 2.66. The molecule has 7 nitrogen and oxygen atoms in total. The molecule has 0 amide bonds. The smallest absolute Gasteiger partial charge is 0.224 e. The number of hydrogen-bond acceptors (Lipinski definition) is 6. The van der Waals surface area contributed by atoms with Crippen molar-refractivity contribution in [3.63, 3.8) is 0 Å². The number of anilines is 2. The van der Waals surface area contributed by atoms with Crippen LogP contribution in [0.4, 0.5) is 11.8 Å². The number of nitrogen functional groups attached to an aromatic ring is 2. The normalized spacial score (nSPS) is 10.9. The van der Waals surface area contributed by atoms with E-state index in [4.69, 9.17) is 16.6 Å². The van der Waals surface area contributed by atoms with Crippen molar-refractivity contribution in [2.45, 2.75) is 6.54 Å². The predicted molar refractivity (Wildman–Crippen MR) is 51.2 cm³/mol. The highest BCUT2D eigenvalue weighted by atomic mass is 16.3. The molecule has 14 heavy (non-hydrogen) atoms. The fraction of sp³-hybridized carbons (Fsp3) is 0.286. The van der Waals surface area contributed by atoms with E-state index in [2.05, 4.69) is 15.1 Å². The first-order chi connectivity index (χ1) is 6.72. The Morgan fingerprint density at radius 2 is 2.14 bits per heavy atom. The maximum atomic E-state index is 8.77. The molecule has 2 aromatic heterocycles. The van der Waals surface area contributed by atoms with Gasteiger partial charge in [0.25, 0.3) is 0 Å². The van der Waals surface area contributed by atoms with E-state index in [-0.39, 0.29) is 12.6 Å². The van der Waals surface area contributed by atoms with E-state index in [0.29, 0.717) is 23.4 Å². The number of rotatable bonds is 2. The molecule has 2 heterocycles. The van der Waals surface area contributed by atoms with Crippen molar-refractivity contribution in [3.05, 3.63) is 6.20 Å². The zero-order valence-electron chi connectivity index (χ0n) is 7.38. The fourth-order valence-corrected chi connectivity index (χ4v) is 1.25. The summed E-state index contributed by atoms with van der Waals surface area (Å²) in [6.45, 7) is 0.347. The van der Waals surface area contributed by atoms with Gasteiger partial charge in [-0.25, -0.2) is 4.68 Å². The zero-order valence-corrected chi connectivity index (χ0v) is 7.38. The summed E-state index contributed by atoms with van der Waals surface area (Å²) in [6.07, 6.45) is 1.56. The van der Waals surface area contributed by atoms with Crippen LogP contribution in [0.3, 0.4) is 0 Å². The Labute approximate surface area is 79.4 Å². The lowest BCUT2D eigenvalue weighted by Gasteiger charge is -2.00. The zero-order chi connectivity index (χ0) is 10.1. The van der Waals surface area contributed by atoms with Crippen LogP contribution >= 0.6 is 0 Å². The molecule has 7 heteroatoms. The maximum absolute atomic E-state index is 8.77. The Morgan fingerprint density at radius 3 is 2.86 bits per heavy atom. The highest BCUT2D eigenvalue weighted by Crippen LogP contribution is 2.17. The van der Waals surface area contributed by atoms with Gasteiger partial charge < -0.3 is 16.6 Å². The van der Waals surface area contributed by atoms with Gasteiger partial charge in [0.1, 0.15) is 5.82 Å². The molecule has 0 saturated heterocycles. The second-order valence-electron chi connectivity index (χ2n) is 2.80. The largest absolute Gasteiger partial charge is 0.394 e. The average Bonchev–Trinajstić information content (AvgIpc) is 2.49. The quantitative estimate of drug-likeness (QED) is 0.563. The summed E-state index contributed by atoms with van der Waals surface area (Å²) in [5, 5.41) is 13.4. The number of fused-ring (bicyclic) bond motifs is 1. The molecule has 0 radical (unpaired) electrons. The summed E-state index contributed by atoms with van der Waals surface area (Å²) in [4.78, 5) is 7.79. The standard InChI is InChI=1S/C7H10N6O/c8-5-4-3-10-13(1-2-14)6(4)12-7(9)11-5/h3,14H,1-2H2,(H4,8,9,11,12). The van der Waals surface area contributed by atoms with Gasteiger partial charge in [-0.3, -0.25) is 0 Å². The van der Waals surface area contributed by atoms with Gasteiger partial charge in [-0.2, -0.15) is 15.1 Å². The summed E-state index contributed by atoms with van der Waals surface area (Å²) in [6, 6.07) is 0. The van der Waals surface area contributed by atoms with Crippen LogP contribution in [0.15, 0.2) is 6.20 Å². The van der Waals surface area contributed by atoms with Gasteiger partial charge in [0.05, 0.1) is 24.7 Å².